The van der Waals surface area contributed by atoms with Crippen LogP contribution in [-0.2, 0) is 13.3 Å². The minimum Gasteiger partial charge on any atom is -0.491 e. The van der Waals surface area contributed by atoms with E-state index in [2.05, 4.69) is 55.0 Å². The Balaban J connectivity index is 5.99. The van der Waals surface area contributed by atoms with Gasteiger partial charge in [0.15, 0.2) is 8.32 Å². The fraction of sp³-hybridized carbons (Fsp3) is 0.833. The zero-order valence-corrected chi connectivity index (χ0v) is 18.6. The molecule has 136 valence electrons. The second kappa shape index (κ2) is 9.79. The van der Waals surface area contributed by atoms with Crippen LogP contribution in [0.15, 0.2) is 12.2 Å². The van der Waals surface area contributed by atoms with Crippen molar-refractivity contribution in [1.82, 2.24) is 0 Å². The van der Waals surface area contributed by atoms with E-state index in [4.69, 9.17) is 8.54 Å². The zero-order chi connectivity index (χ0) is 18.3. The molecule has 23 heavy (non-hydrogen) atoms. The van der Waals surface area contributed by atoms with Gasteiger partial charge in [0.1, 0.15) is 0 Å². The first-order valence-corrected chi connectivity index (χ1v) is 13.8. The summed E-state index contributed by atoms with van der Waals surface area (Å²) in [5.74, 6) is -0.275. The molecule has 0 aromatic heterocycles. The van der Waals surface area contributed by atoms with Crippen LogP contribution in [0.1, 0.15) is 68.2 Å². The van der Waals surface area contributed by atoms with Crippen molar-refractivity contribution in [1.29, 1.82) is 0 Å². The molecule has 0 aliphatic rings. The van der Waals surface area contributed by atoms with E-state index in [9.17, 15) is 4.79 Å². The van der Waals surface area contributed by atoms with Gasteiger partial charge in [0, 0.05) is 16.7 Å². The minimum atomic E-state index is -2.68. The van der Waals surface area contributed by atoms with Gasteiger partial charge in [0.2, 0.25) is 0 Å². The second-order valence-corrected chi connectivity index (χ2v) is 15.8. The van der Waals surface area contributed by atoms with E-state index in [0.717, 1.165) is 31.0 Å². The summed E-state index contributed by atoms with van der Waals surface area (Å²) in [4.78, 5) is 12.4. The van der Waals surface area contributed by atoms with Gasteiger partial charge in [0.25, 0.3) is 0 Å². The molecule has 0 saturated heterocycles. The molecular weight excluding hydrogens is 320 g/mol. The molecule has 5 heteroatoms. The van der Waals surface area contributed by atoms with Crippen molar-refractivity contribution in [3.63, 3.8) is 0 Å². The molecule has 2 unspecified atom stereocenters. The molecule has 0 amide bonds. The Kier molecular flexibility index (Phi) is 9.62. The van der Waals surface area contributed by atoms with Gasteiger partial charge in [-0.3, -0.25) is 0 Å². The smallest absolute Gasteiger partial charge is 0.397 e. The SMILES string of the molecule is C=C(C)C(=O)O[Si](O[Si](CC)(CC)CC)(C(C)CC)C(C)CC. The Hall–Kier alpha value is -0.396. The lowest BCUT2D eigenvalue weighted by Crippen LogP contribution is -2.58. The zero-order valence-electron chi connectivity index (χ0n) is 16.6. The highest BCUT2D eigenvalue weighted by Gasteiger charge is 2.54. The van der Waals surface area contributed by atoms with Crippen LogP contribution in [0, 0.1) is 0 Å². The third-order valence-corrected chi connectivity index (χ3v) is 16.5. The van der Waals surface area contributed by atoms with E-state index in [0.29, 0.717) is 5.57 Å². The molecular formula is C18H38O3Si2. The Bertz CT molecular complexity index is 373. The van der Waals surface area contributed by atoms with Crippen molar-refractivity contribution >= 4 is 22.8 Å². The van der Waals surface area contributed by atoms with Crippen LogP contribution in [0.5, 0.6) is 0 Å². The summed E-state index contributed by atoms with van der Waals surface area (Å²) in [6, 6.07) is 3.23. The van der Waals surface area contributed by atoms with E-state index in [1.807, 2.05) is 0 Å². The summed E-state index contributed by atoms with van der Waals surface area (Å²) >= 11 is 0. The van der Waals surface area contributed by atoms with E-state index in [-0.39, 0.29) is 17.1 Å². The molecule has 0 aromatic carbocycles. The van der Waals surface area contributed by atoms with Gasteiger partial charge < -0.3 is 8.54 Å². The molecule has 0 radical (unpaired) electrons. The molecule has 0 saturated carbocycles. The van der Waals surface area contributed by atoms with Crippen molar-refractivity contribution in [2.24, 2.45) is 0 Å². The molecule has 0 aliphatic carbocycles. The fourth-order valence-electron chi connectivity index (χ4n) is 3.01. The molecule has 0 heterocycles. The third-order valence-electron chi connectivity index (χ3n) is 5.51. The first kappa shape index (κ1) is 22.6. The molecule has 3 nitrogen and oxygen atoms in total. The molecule has 0 bridgehead atoms. The molecule has 0 N–H and O–H groups in total. The van der Waals surface area contributed by atoms with Crippen LogP contribution in [0.2, 0.25) is 29.2 Å². The lowest BCUT2D eigenvalue weighted by molar-refractivity contribution is -0.132. The minimum absolute atomic E-state index is 0.275. The third kappa shape index (κ3) is 5.29. The van der Waals surface area contributed by atoms with Gasteiger partial charge in [-0.2, -0.15) is 0 Å². The molecule has 0 fully saturated rings. The Morgan fingerprint density at radius 1 is 0.957 bits per heavy atom. The van der Waals surface area contributed by atoms with Crippen LogP contribution in [0.3, 0.4) is 0 Å². The highest BCUT2D eigenvalue weighted by atomic mass is 28.4. The Labute approximate surface area is 146 Å². The van der Waals surface area contributed by atoms with Gasteiger partial charge >= 0.3 is 14.5 Å². The lowest BCUT2D eigenvalue weighted by Gasteiger charge is -2.45. The van der Waals surface area contributed by atoms with Crippen molar-refractivity contribution in [2.45, 2.75) is 97.4 Å². The van der Waals surface area contributed by atoms with E-state index in [1.165, 1.54) is 0 Å². The van der Waals surface area contributed by atoms with Gasteiger partial charge in [-0.25, -0.2) is 4.79 Å². The van der Waals surface area contributed by atoms with Crippen molar-refractivity contribution in [2.75, 3.05) is 0 Å². The lowest BCUT2D eigenvalue weighted by atomic mass is 10.3. The second-order valence-electron chi connectivity index (χ2n) is 6.86. The van der Waals surface area contributed by atoms with E-state index >= 15 is 0 Å². The molecule has 0 spiro atoms. The molecule has 2 atom stereocenters. The maximum atomic E-state index is 12.4. The number of hydrogen-bond acceptors (Lipinski definition) is 3. The normalized spacial score (nSPS) is 17.2. The highest BCUT2D eigenvalue weighted by molar-refractivity contribution is 6.86. The van der Waals surface area contributed by atoms with Gasteiger partial charge in [0.05, 0.1) is 0 Å². The molecule has 0 aromatic rings. The van der Waals surface area contributed by atoms with Crippen molar-refractivity contribution in [3.05, 3.63) is 12.2 Å². The van der Waals surface area contributed by atoms with E-state index in [1.54, 1.807) is 6.92 Å². The average Bonchev–Trinajstić information content (AvgIpc) is 2.57. The van der Waals surface area contributed by atoms with Crippen LogP contribution in [0.25, 0.3) is 0 Å². The monoisotopic (exact) mass is 358 g/mol. The fourth-order valence-corrected chi connectivity index (χ4v) is 13.7. The number of carbonyl (C=O) groups excluding carboxylic acids is 1. The standard InChI is InChI=1S/C18H38O3Si2/c1-10-16(8)23(17(9)11-2,20-18(19)15(6)7)21-22(12-3,13-4)14-5/h16-17H,6,10-14H2,1-5,7-9H3. The van der Waals surface area contributed by atoms with E-state index < -0.39 is 16.9 Å². The molecule has 0 aliphatic heterocycles. The predicted molar refractivity (Wildman–Crippen MR) is 104 cm³/mol. The quantitative estimate of drug-likeness (QED) is 0.327. The number of hydrogen-bond donors (Lipinski definition) is 0. The summed E-state index contributed by atoms with van der Waals surface area (Å²) < 4.78 is 13.2. The summed E-state index contributed by atoms with van der Waals surface area (Å²) in [6.07, 6.45) is 1.95. The average molecular weight is 359 g/mol. The Morgan fingerprint density at radius 3 is 1.61 bits per heavy atom. The summed E-state index contributed by atoms with van der Waals surface area (Å²) in [6.45, 7) is 20.9. The van der Waals surface area contributed by atoms with Crippen LogP contribution >= 0.6 is 0 Å². The van der Waals surface area contributed by atoms with Crippen LogP contribution < -0.4 is 0 Å². The molecule has 0 rings (SSSR count). The van der Waals surface area contributed by atoms with Gasteiger partial charge in [-0.05, 0) is 25.1 Å². The van der Waals surface area contributed by atoms with Crippen LogP contribution in [-0.4, -0.2) is 22.8 Å². The summed E-state index contributed by atoms with van der Waals surface area (Å²) in [7, 11) is -4.53. The predicted octanol–water partition coefficient (Wildman–Crippen LogP) is 6.17. The summed E-state index contributed by atoms with van der Waals surface area (Å²) in [5, 5.41) is 0. The Morgan fingerprint density at radius 2 is 1.35 bits per heavy atom. The van der Waals surface area contributed by atoms with Gasteiger partial charge in [-0.15, -0.1) is 0 Å². The maximum Gasteiger partial charge on any atom is 0.397 e. The highest BCUT2D eigenvalue weighted by Crippen LogP contribution is 2.43. The first-order valence-electron chi connectivity index (χ1n) is 9.27. The van der Waals surface area contributed by atoms with Crippen molar-refractivity contribution in [3.8, 4) is 0 Å². The topological polar surface area (TPSA) is 35.5 Å². The van der Waals surface area contributed by atoms with Crippen molar-refractivity contribution < 1.29 is 13.3 Å². The van der Waals surface area contributed by atoms with Crippen LogP contribution in [0.4, 0.5) is 0 Å². The first-order chi connectivity index (χ1) is 10.7. The largest absolute Gasteiger partial charge is 0.491 e. The number of carbonyl (C=O) groups is 1. The van der Waals surface area contributed by atoms with Gasteiger partial charge in [-0.1, -0.05) is 67.9 Å². The maximum absolute atomic E-state index is 12.4. The summed E-state index contributed by atoms with van der Waals surface area (Å²) in [5.41, 5.74) is 1.04. The number of rotatable bonds is 11.